The molecule has 9 nitrogen and oxygen atoms in total. The Balaban J connectivity index is 1.42. The molecule has 47 heavy (non-hydrogen) atoms. The molecule has 0 spiro atoms. The predicted octanol–water partition coefficient (Wildman–Crippen LogP) is 6.58. The lowest BCUT2D eigenvalue weighted by atomic mass is 9.34. The van der Waals surface area contributed by atoms with Gasteiger partial charge in [0, 0.05) is 23.3 Å². The van der Waals surface area contributed by atoms with Crippen molar-refractivity contribution in [2.45, 2.75) is 112 Å². The first kappa shape index (κ1) is 34.8. The van der Waals surface area contributed by atoms with Gasteiger partial charge in [0.05, 0.1) is 36.9 Å². The molecule has 1 saturated heterocycles. The zero-order chi connectivity index (χ0) is 34.4. The summed E-state index contributed by atoms with van der Waals surface area (Å²) in [6.07, 6.45) is 7.47. The van der Waals surface area contributed by atoms with Gasteiger partial charge in [0.25, 0.3) is 0 Å². The smallest absolute Gasteiger partial charge is 0.307 e. The van der Waals surface area contributed by atoms with Crippen molar-refractivity contribution in [1.82, 2.24) is 4.98 Å². The highest BCUT2D eigenvalue weighted by Crippen LogP contribution is 2.75. The fraction of sp³-hybridized carbons (Fsp3) is 0.811. The van der Waals surface area contributed by atoms with E-state index in [-0.39, 0.29) is 45.2 Å². The molecule has 1 aromatic rings. The number of nitrogens with zero attached hydrogens (tertiary/aromatic N) is 2. The highest BCUT2D eigenvalue weighted by molar-refractivity contribution is 7.07. The molecule has 4 fully saturated rings. The molecule has 12 atom stereocenters. The second-order valence-electron chi connectivity index (χ2n) is 17.3. The Bertz CT molecular complexity index is 1430. The van der Waals surface area contributed by atoms with Gasteiger partial charge < -0.3 is 30.8 Å². The molecule has 0 aromatic carbocycles. The Morgan fingerprint density at radius 1 is 1.15 bits per heavy atom. The molecule has 1 unspecified atom stereocenters. The van der Waals surface area contributed by atoms with Crippen molar-refractivity contribution >= 4 is 23.3 Å². The minimum atomic E-state index is -1.18. The SMILES string of the molecule is CO[C@@H]1C[C@]23COC[C@](C)([C@@H]2CC[C@H]2C3=CC[C@@]3(C)[C@H](C(=O)O)[C@@](C)([C@H](C)C(C)C)CC[C@]23C)[C@H]1OC(C)(N=C(N)N)c1cscn1. The summed E-state index contributed by atoms with van der Waals surface area (Å²) in [6, 6.07) is 0. The van der Waals surface area contributed by atoms with E-state index in [2.05, 4.69) is 64.5 Å². The van der Waals surface area contributed by atoms with Crippen LogP contribution in [0.1, 0.15) is 99.6 Å². The number of allylic oxidation sites excluding steroid dienone is 1. The number of methoxy groups -OCH3 is 1. The zero-order valence-corrected chi connectivity index (χ0v) is 30.8. The molecule has 2 bridgehead atoms. The van der Waals surface area contributed by atoms with E-state index in [1.165, 1.54) is 16.9 Å². The summed E-state index contributed by atoms with van der Waals surface area (Å²) < 4.78 is 20.0. The summed E-state index contributed by atoms with van der Waals surface area (Å²) in [6.45, 7) is 19.1. The molecule has 3 saturated carbocycles. The third-order valence-electron chi connectivity index (χ3n) is 15.0. The fourth-order valence-corrected chi connectivity index (χ4v) is 12.7. The van der Waals surface area contributed by atoms with Crippen LogP contribution in [0, 0.1) is 56.7 Å². The topological polar surface area (TPSA) is 142 Å². The predicted molar refractivity (Wildman–Crippen MR) is 185 cm³/mol. The molecule has 5 N–H and O–H groups in total. The number of carboxylic acid groups (broad SMARTS) is 1. The van der Waals surface area contributed by atoms with E-state index in [1.807, 2.05) is 12.3 Å². The Morgan fingerprint density at radius 3 is 2.47 bits per heavy atom. The van der Waals surface area contributed by atoms with Gasteiger partial charge in [-0.1, -0.05) is 60.1 Å². The number of aliphatic carboxylic acids is 1. The third kappa shape index (κ3) is 4.81. The van der Waals surface area contributed by atoms with Gasteiger partial charge in [-0.25, -0.2) is 9.98 Å². The van der Waals surface area contributed by atoms with Crippen LogP contribution < -0.4 is 11.5 Å². The maximum Gasteiger partial charge on any atom is 0.307 e. The molecule has 2 heterocycles. The number of guanidine groups is 1. The molecular formula is C37H58N4O5S. The number of aromatic nitrogens is 1. The van der Waals surface area contributed by atoms with Gasteiger partial charge in [0.2, 0.25) is 5.72 Å². The van der Waals surface area contributed by atoms with Crippen LogP contribution in [0.15, 0.2) is 27.5 Å². The number of nitrogens with two attached hydrogens (primary N) is 2. The Hall–Kier alpha value is -2.01. The number of aliphatic imine (C=N–C) groups is 1. The van der Waals surface area contributed by atoms with Gasteiger partial charge in [0.1, 0.15) is 5.69 Å². The lowest BCUT2D eigenvalue weighted by Gasteiger charge is -2.71. The molecule has 6 rings (SSSR count). The summed E-state index contributed by atoms with van der Waals surface area (Å²) in [5, 5.41) is 12.9. The molecule has 4 aliphatic carbocycles. The maximum absolute atomic E-state index is 13.4. The molecule has 0 amide bonds. The summed E-state index contributed by atoms with van der Waals surface area (Å²) in [4.78, 5) is 22.5. The van der Waals surface area contributed by atoms with E-state index in [9.17, 15) is 9.90 Å². The monoisotopic (exact) mass is 670 g/mol. The quantitative estimate of drug-likeness (QED) is 0.160. The largest absolute Gasteiger partial charge is 0.481 e. The molecular weight excluding hydrogens is 612 g/mol. The fourth-order valence-electron chi connectivity index (χ4n) is 12.1. The molecule has 1 aliphatic heterocycles. The second-order valence-corrected chi connectivity index (χ2v) is 18.0. The standard InChI is InChI=1S/C37H58N4O5S/c1-21(2)22(3)32(4)14-15-34(6)23-10-11-26-33(5)18-45-19-37(26,24(23)12-13-35(34,7)28(32)30(42)43)16-25(44-9)29(33)46-36(8,41-31(38)39)27-17-47-20-40-27/h12,17,20-23,25-26,28-29H,10-11,13-16,18-19H2,1-9H3,(H,42,43)(H4,38,39,41)/t22-,23+,25-,26+,28-,29+,32-,33-,34-,35+,36?,37-/m1/s1. The Kier molecular flexibility index (Phi) is 8.54. The van der Waals surface area contributed by atoms with E-state index in [4.69, 9.17) is 25.7 Å². The second kappa shape index (κ2) is 11.5. The van der Waals surface area contributed by atoms with Crippen LogP contribution in [-0.2, 0) is 24.7 Å². The molecule has 262 valence electrons. The minimum Gasteiger partial charge on any atom is -0.481 e. The van der Waals surface area contributed by atoms with Crippen molar-refractivity contribution < 1.29 is 24.1 Å². The highest BCUT2D eigenvalue weighted by Gasteiger charge is 2.72. The number of ether oxygens (including phenoxy) is 3. The van der Waals surface area contributed by atoms with Crippen LogP contribution in [0.25, 0.3) is 0 Å². The number of carboxylic acids is 1. The van der Waals surface area contributed by atoms with Crippen molar-refractivity contribution in [3.8, 4) is 0 Å². The minimum absolute atomic E-state index is 0.0557. The van der Waals surface area contributed by atoms with E-state index in [0.717, 1.165) is 38.5 Å². The lowest BCUT2D eigenvalue weighted by molar-refractivity contribution is -0.288. The summed E-state index contributed by atoms with van der Waals surface area (Å²) in [5.41, 5.74) is 13.3. The van der Waals surface area contributed by atoms with Crippen molar-refractivity contribution in [1.29, 1.82) is 0 Å². The van der Waals surface area contributed by atoms with Gasteiger partial charge >= 0.3 is 5.97 Å². The molecule has 1 aromatic heterocycles. The van der Waals surface area contributed by atoms with Gasteiger partial charge in [-0.3, -0.25) is 4.79 Å². The van der Waals surface area contributed by atoms with Gasteiger partial charge in [0.15, 0.2) is 5.96 Å². The van der Waals surface area contributed by atoms with Gasteiger partial charge in [-0.2, -0.15) is 0 Å². The van der Waals surface area contributed by atoms with E-state index >= 15 is 0 Å². The van der Waals surface area contributed by atoms with Crippen LogP contribution >= 0.6 is 11.3 Å². The summed E-state index contributed by atoms with van der Waals surface area (Å²) in [7, 11) is 1.78. The van der Waals surface area contributed by atoms with E-state index in [0.29, 0.717) is 42.6 Å². The Labute approximate surface area is 285 Å². The first-order valence-electron chi connectivity index (χ1n) is 17.6. The molecule has 5 aliphatic rings. The third-order valence-corrected chi connectivity index (χ3v) is 15.6. The van der Waals surface area contributed by atoms with Gasteiger partial charge in [-0.05, 0) is 85.4 Å². The summed E-state index contributed by atoms with van der Waals surface area (Å²) >= 11 is 1.48. The first-order valence-corrected chi connectivity index (χ1v) is 18.6. The number of hydrogen-bond donors (Lipinski definition) is 3. The number of fused-ring (bicyclic) bond motifs is 3. The van der Waals surface area contributed by atoms with Gasteiger partial charge in [-0.15, -0.1) is 11.3 Å². The number of hydrogen-bond acceptors (Lipinski definition) is 7. The van der Waals surface area contributed by atoms with Crippen molar-refractivity contribution in [3.63, 3.8) is 0 Å². The molecule has 0 radical (unpaired) electrons. The number of carbonyl (C=O) groups is 1. The van der Waals surface area contributed by atoms with Crippen molar-refractivity contribution in [2.24, 2.45) is 73.1 Å². The normalized spacial score (nSPS) is 44.6. The number of rotatable bonds is 8. The van der Waals surface area contributed by atoms with Crippen LogP contribution in [0.5, 0.6) is 0 Å². The molecule has 10 heteroatoms. The number of thiazole rings is 1. The maximum atomic E-state index is 13.4. The van der Waals surface area contributed by atoms with Crippen LogP contribution in [0.2, 0.25) is 0 Å². The van der Waals surface area contributed by atoms with Crippen LogP contribution in [0.3, 0.4) is 0 Å². The average Bonchev–Trinajstić information content (AvgIpc) is 3.54. The summed E-state index contributed by atoms with van der Waals surface area (Å²) in [5.74, 6) is 0.224. The van der Waals surface area contributed by atoms with Crippen LogP contribution in [0.4, 0.5) is 0 Å². The lowest BCUT2D eigenvalue weighted by Crippen LogP contribution is -2.70. The van der Waals surface area contributed by atoms with Crippen LogP contribution in [-0.4, -0.2) is 54.6 Å². The first-order chi connectivity index (χ1) is 21.9. The zero-order valence-electron chi connectivity index (χ0n) is 30.0. The van der Waals surface area contributed by atoms with E-state index < -0.39 is 17.6 Å². The van der Waals surface area contributed by atoms with Crippen molar-refractivity contribution in [3.05, 3.63) is 28.2 Å². The average molecular weight is 671 g/mol. The van der Waals surface area contributed by atoms with E-state index in [1.54, 1.807) is 12.6 Å². The highest BCUT2D eigenvalue weighted by atomic mass is 32.1. The van der Waals surface area contributed by atoms with Crippen molar-refractivity contribution in [2.75, 3.05) is 20.3 Å². The Morgan fingerprint density at radius 2 is 1.87 bits per heavy atom.